The summed E-state index contributed by atoms with van der Waals surface area (Å²) in [7, 11) is 0. The third kappa shape index (κ3) is 7.94. The van der Waals surface area contributed by atoms with Crippen LogP contribution in [0.3, 0.4) is 0 Å². The zero-order chi connectivity index (χ0) is 27.0. The maximum atomic E-state index is 13.0. The molecule has 1 aliphatic heterocycles. The zero-order valence-corrected chi connectivity index (χ0v) is 22.5. The van der Waals surface area contributed by atoms with E-state index in [4.69, 9.17) is 22.1 Å². The van der Waals surface area contributed by atoms with Crippen molar-refractivity contribution in [2.75, 3.05) is 25.0 Å². The molecule has 3 rings (SSSR count). The molecule has 0 aliphatic carbocycles. The molecule has 0 saturated carbocycles. The van der Waals surface area contributed by atoms with Crippen molar-refractivity contribution in [2.24, 2.45) is 11.7 Å². The zero-order valence-electron chi connectivity index (χ0n) is 21.8. The van der Waals surface area contributed by atoms with E-state index in [0.29, 0.717) is 42.2 Å². The van der Waals surface area contributed by atoms with E-state index in [1.807, 2.05) is 50.2 Å². The molecule has 1 unspecified atom stereocenters. The van der Waals surface area contributed by atoms with Gasteiger partial charge in [-0.25, -0.2) is 4.79 Å². The highest BCUT2D eigenvalue weighted by atomic mass is 35.5. The molecule has 0 aromatic heterocycles. The molecule has 1 aliphatic rings. The molecule has 3 amide bonds. The molecule has 0 radical (unpaired) electrons. The minimum atomic E-state index is -0.819. The number of nitrogens with two attached hydrogens (primary N) is 1. The normalized spacial score (nSPS) is 15.7. The van der Waals surface area contributed by atoms with Crippen molar-refractivity contribution in [3.05, 3.63) is 64.7 Å². The van der Waals surface area contributed by atoms with E-state index >= 15 is 0 Å². The second-order valence-electron chi connectivity index (χ2n) is 9.94. The summed E-state index contributed by atoms with van der Waals surface area (Å²) in [4.78, 5) is 40.1. The third-order valence-corrected chi connectivity index (χ3v) is 7.21. The number of aryl methyl sites for hydroxylation is 1. The van der Waals surface area contributed by atoms with E-state index in [2.05, 4.69) is 17.6 Å². The van der Waals surface area contributed by atoms with Gasteiger partial charge in [-0.3, -0.25) is 14.9 Å². The van der Waals surface area contributed by atoms with E-state index in [1.54, 1.807) is 17.0 Å². The Morgan fingerprint density at radius 1 is 1.08 bits per heavy atom. The van der Waals surface area contributed by atoms with Crippen molar-refractivity contribution in [1.82, 2.24) is 10.2 Å². The van der Waals surface area contributed by atoms with Gasteiger partial charge in [-0.15, -0.1) is 0 Å². The van der Waals surface area contributed by atoms with E-state index < -0.39 is 17.7 Å². The number of ether oxygens (including phenoxy) is 1. The number of nitrogens with zero attached hydrogens (tertiary/aromatic N) is 1. The van der Waals surface area contributed by atoms with Gasteiger partial charge in [0, 0.05) is 23.8 Å². The Morgan fingerprint density at radius 3 is 2.32 bits per heavy atom. The Balaban J connectivity index is 1.67. The van der Waals surface area contributed by atoms with Crippen molar-refractivity contribution in [2.45, 2.75) is 58.0 Å². The number of benzene rings is 2. The summed E-state index contributed by atoms with van der Waals surface area (Å²) >= 11 is 6.24. The second-order valence-corrected chi connectivity index (χ2v) is 10.4. The van der Waals surface area contributed by atoms with Gasteiger partial charge in [0.2, 0.25) is 11.8 Å². The van der Waals surface area contributed by atoms with Crippen molar-refractivity contribution < 1.29 is 19.1 Å². The summed E-state index contributed by atoms with van der Waals surface area (Å²) in [6, 6.07) is 14.1. The van der Waals surface area contributed by atoms with Crippen molar-refractivity contribution >= 4 is 35.2 Å². The number of piperidine rings is 1. The number of nitrogens with one attached hydrogen (secondary N) is 2. The van der Waals surface area contributed by atoms with Gasteiger partial charge in [-0.2, -0.15) is 0 Å². The average molecular weight is 529 g/mol. The lowest BCUT2D eigenvalue weighted by molar-refractivity contribution is -0.136. The minimum absolute atomic E-state index is 0.0212. The van der Waals surface area contributed by atoms with Crippen LogP contribution in [0.5, 0.6) is 0 Å². The Bertz CT molecular complexity index is 1080. The molecule has 1 saturated heterocycles. The largest absolute Gasteiger partial charge is 0.447 e. The van der Waals surface area contributed by atoms with Crippen molar-refractivity contribution in [3.63, 3.8) is 0 Å². The highest BCUT2D eigenvalue weighted by Crippen LogP contribution is 2.25. The summed E-state index contributed by atoms with van der Waals surface area (Å²) in [6.07, 6.45) is 1.25. The average Bonchev–Trinajstić information content (AvgIpc) is 2.89. The molecular formula is C28H37ClN4O4. The molecule has 8 nitrogen and oxygen atoms in total. The summed E-state index contributed by atoms with van der Waals surface area (Å²) in [5.74, 6) is -0.320. The van der Waals surface area contributed by atoms with E-state index in [9.17, 15) is 14.4 Å². The Kier molecular flexibility index (Phi) is 9.94. The van der Waals surface area contributed by atoms with Gasteiger partial charge in [0.15, 0.2) is 0 Å². The number of likely N-dealkylation sites (tertiary alicyclic amines) is 1. The molecule has 1 fully saturated rings. The molecule has 0 spiro atoms. The summed E-state index contributed by atoms with van der Waals surface area (Å²) in [6.45, 7) is 6.65. The van der Waals surface area contributed by atoms with Crippen molar-refractivity contribution in [1.29, 1.82) is 0 Å². The highest BCUT2D eigenvalue weighted by molar-refractivity contribution is 6.31. The van der Waals surface area contributed by atoms with Crippen molar-refractivity contribution in [3.8, 4) is 0 Å². The fourth-order valence-electron chi connectivity index (χ4n) is 4.29. The van der Waals surface area contributed by atoms with Crippen LogP contribution in [0.25, 0.3) is 0 Å². The number of halogens is 1. The van der Waals surface area contributed by atoms with E-state index in [-0.39, 0.29) is 30.8 Å². The lowest BCUT2D eigenvalue weighted by Crippen LogP contribution is -2.60. The van der Waals surface area contributed by atoms with Crippen LogP contribution in [-0.4, -0.2) is 54.1 Å². The predicted molar refractivity (Wildman–Crippen MR) is 145 cm³/mol. The van der Waals surface area contributed by atoms with Gasteiger partial charge in [-0.1, -0.05) is 62.7 Å². The topological polar surface area (TPSA) is 114 Å². The van der Waals surface area contributed by atoms with Crippen LogP contribution in [0.1, 0.15) is 44.7 Å². The van der Waals surface area contributed by atoms with Gasteiger partial charge < -0.3 is 20.7 Å². The first-order valence-corrected chi connectivity index (χ1v) is 13.1. The van der Waals surface area contributed by atoms with Gasteiger partial charge in [-0.05, 0) is 54.5 Å². The summed E-state index contributed by atoms with van der Waals surface area (Å²) < 4.78 is 5.58. The molecule has 9 heteroatoms. The van der Waals surface area contributed by atoms with Gasteiger partial charge in [0.25, 0.3) is 0 Å². The number of carbonyl (C=O) groups is 3. The Hall–Kier alpha value is -3.10. The van der Waals surface area contributed by atoms with Crippen LogP contribution in [0.2, 0.25) is 5.02 Å². The molecule has 1 heterocycles. The van der Waals surface area contributed by atoms with E-state index in [1.165, 1.54) is 0 Å². The molecule has 200 valence electrons. The first-order valence-electron chi connectivity index (χ1n) is 12.7. The summed E-state index contributed by atoms with van der Waals surface area (Å²) in [5.41, 5.74) is 7.76. The fraction of sp³-hybridized carbons (Fsp3) is 0.464. The highest BCUT2D eigenvalue weighted by Gasteiger charge is 2.39. The maximum Gasteiger partial charge on any atom is 0.411 e. The summed E-state index contributed by atoms with van der Waals surface area (Å²) in [5, 5.41) is 6.33. The SMILES string of the molecule is CCc1ccc(NC(=O)OCC2(NC(=O)Cc3ccccc3Cl)CCN(C(=O)C(N)C(C)C)CC2)cc1. The molecule has 0 bridgehead atoms. The Labute approximate surface area is 223 Å². The molecule has 2 aromatic carbocycles. The quantitative estimate of drug-likeness (QED) is 0.452. The third-order valence-electron chi connectivity index (χ3n) is 6.84. The van der Waals surface area contributed by atoms with Crippen LogP contribution in [0.15, 0.2) is 48.5 Å². The lowest BCUT2D eigenvalue weighted by Gasteiger charge is -2.42. The van der Waals surface area contributed by atoms with E-state index in [0.717, 1.165) is 12.0 Å². The molecule has 37 heavy (non-hydrogen) atoms. The monoisotopic (exact) mass is 528 g/mol. The first-order chi connectivity index (χ1) is 17.6. The second kappa shape index (κ2) is 12.9. The number of rotatable bonds is 9. The maximum absolute atomic E-state index is 13.0. The number of hydrogen-bond acceptors (Lipinski definition) is 5. The minimum Gasteiger partial charge on any atom is -0.447 e. The molecule has 1 atom stereocenters. The van der Waals surface area contributed by atoms with Crippen LogP contribution >= 0.6 is 11.6 Å². The van der Waals surface area contributed by atoms with Crippen LogP contribution in [-0.2, 0) is 27.2 Å². The van der Waals surface area contributed by atoms with Gasteiger partial charge in [0.1, 0.15) is 6.61 Å². The molecule has 2 aromatic rings. The van der Waals surface area contributed by atoms with Gasteiger partial charge >= 0.3 is 6.09 Å². The number of hydrogen-bond donors (Lipinski definition) is 3. The predicted octanol–water partition coefficient (Wildman–Crippen LogP) is 4.15. The number of carbonyl (C=O) groups excluding carboxylic acids is 3. The van der Waals surface area contributed by atoms with Crippen LogP contribution in [0, 0.1) is 5.92 Å². The Morgan fingerprint density at radius 2 is 1.73 bits per heavy atom. The van der Waals surface area contributed by atoms with Crippen LogP contribution < -0.4 is 16.4 Å². The standard InChI is InChI=1S/C28H37ClN4O4/c1-4-20-9-11-22(12-10-20)31-27(36)37-18-28(32-24(34)17-21-7-5-6-8-23(21)29)13-15-33(16-14-28)26(35)25(30)19(2)3/h5-12,19,25H,4,13-18,30H2,1-3H3,(H,31,36)(H,32,34). The lowest BCUT2D eigenvalue weighted by atomic mass is 9.87. The number of amides is 3. The first kappa shape index (κ1) is 28.5. The molecular weight excluding hydrogens is 492 g/mol. The number of anilines is 1. The smallest absolute Gasteiger partial charge is 0.411 e. The van der Waals surface area contributed by atoms with Crippen LogP contribution in [0.4, 0.5) is 10.5 Å². The molecule has 4 N–H and O–H groups in total. The fourth-order valence-corrected chi connectivity index (χ4v) is 4.50. The van der Waals surface area contributed by atoms with Gasteiger partial charge in [0.05, 0.1) is 18.0 Å².